The minimum Gasteiger partial charge on any atom is -0.305 e. The van der Waals surface area contributed by atoms with Gasteiger partial charge in [0, 0.05) is 20.9 Å². The Hall–Kier alpha value is -2.45. The van der Waals surface area contributed by atoms with Crippen LogP contribution in [0.4, 0.5) is 11.8 Å². The van der Waals surface area contributed by atoms with E-state index in [9.17, 15) is 0 Å². The van der Waals surface area contributed by atoms with Crippen molar-refractivity contribution in [3.05, 3.63) is 52.9 Å². The van der Waals surface area contributed by atoms with Crippen LogP contribution in [-0.4, -0.2) is 30.6 Å². The number of anilines is 2. The van der Waals surface area contributed by atoms with Crippen molar-refractivity contribution in [1.29, 1.82) is 0 Å². The fourth-order valence-electron chi connectivity index (χ4n) is 4.82. The summed E-state index contributed by atoms with van der Waals surface area (Å²) in [4.78, 5) is 6.28. The summed E-state index contributed by atoms with van der Waals surface area (Å²) < 4.78 is 0. The van der Waals surface area contributed by atoms with Gasteiger partial charge in [0.1, 0.15) is 5.03 Å². The summed E-state index contributed by atoms with van der Waals surface area (Å²) >= 11 is 3.74. The van der Waals surface area contributed by atoms with Gasteiger partial charge in [0.25, 0.3) is 0 Å². The number of thiophene rings is 1. The number of hydrogen-bond donors (Lipinski definition) is 2. The molecule has 0 bridgehead atoms. The summed E-state index contributed by atoms with van der Waals surface area (Å²) in [5.74, 6) is 2.50. The van der Waals surface area contributed by atoms with Crippen molar-refractivity contribution in [2.24, 2.45) is 11.8 Å². The molecule has 3 atom stereocenters. The SMILES string of the molecule is CC(C)C1CCC(C)(c2cccs2)CC1Sc1cnnc(Nc2n[nH]c3ccccc23)n1. The van der Waals surface area contributed by atoms with Gasteiger partial charge in [-0.15, -0.1) is 28.2 Å². The van der Waals surface area contributed by atoms with Crippen LogP contribution in [0.15, 0.2) is 53.0 Å². The number of nitrogens with zero attached hydrogens (tertiary/aromatic N) is 4. The highest BCUT2D eigenvalue weighted by molar-refractivity contribution is 7.99. The predicted molar refractivity (Wildman–Crippen MR) is 133 cm³/mol. The zero-order valence-corrected chi connectivity index (χ0v) is 20.2. The van der Waals surface area contributed by atoms with E-state index in [1.807, 2.05) is 47.4 Å². The molecule has 0 spiro atoms. The average Bonchev–Trinajstić information content (AvgIpc) is 3.45. The molecule has 32 heavy (non-hydrogen) atoms. The Morgan fingerprint density at radius 2 is 2.09 bits per heavy atom. The molecule has 0 aliphatic heterocycles. The van der Waals surface area contributed by atoms with E-state index in [2.05, 4.69) is 64.0 Å². The number of H-pyrrole nitrogens is 1. The molecule has 8 heteroatoms. The molecule has 4 aromatic rings. The number of para-hydroxylation sites is 1. The van der Waals surface area contributed by atoms with Gasteiger partial charge in [0.05, 0.1) is 11.7 Å². The first kappa shape index (κ1) is 21.4. The van der Waals surface area contributed by atoms with E-state index in [4.69, 9.17) is 4.98 Å². The Balaban J connectivity index is 1.37. The fraction of sp³-hybridized carbons (Fsp3) is 0.417. The van der Waals surface area contributed by atoms with E-state index in [0.29, 0.717) is 28.9 Å². The van der Waals surface area contributed by atoms with Gasteiger partial charge in [0.15, 0.2) is 5.82 Å². The monoisotopic (exact) mass is 464 g/mol. The van der Waals surface area contributed by atoms with Crippen molar-refractivity contribution in [2.45, 2.75) is 55.7 Å². The number of aromatic amines is 1. The van der Waals surface area contributed by atoms with Crippen molar-refractivity contribution in [3.63, 3.8) is 0 Å². The minimum atomic E-state index is 0.229. The summed E-state index contributed by atoms with van der Waals surface area (Å²) in [7, 11) is 0. The molecule has 1 saturated carbocycles. The molecule has 2 N–H and O–H groups in total. The second-order valence-electron chi connectivity index (χ2n) is 9.21. The first-order valence-corrected chi connectivity index (χ1v) is 12.9. The molecule has 3 heterocycles. The molecule has 166 valence electrons. The molecule has 0 amide bonds. The average molecular weight is 465 g/mol. The fourth-order valence-corrected chi connectivity index (χ4v) is 7.39. The maximum absolute atomic E-state index is 4.78. The lowest BCUT2D eigenvalue weighted by Gasteiger charge is -2.43. The van der Waals surface area contributed by atoms with Crippen LogP contribution in [-0.2, 0) is 5.41 Å². The lowest BCUT2D eigenvalue weighted by atomic mass is 9.68. The smallest absolute Gasteiger partial charge is 0.249 e. The summed E-state index contributed by atoms with van der Waals surface area (Å²) in [6, 6.07) is 12.5. The Morgan fingerprint density at radius 1 is 1.22 bits per heavy atom. The Kier molecular flexibility index (Phi) is 5.90. The van der Waals surface area contributed by atoms with Gasteiger partial charge in [-0.3, -0.25) is 5.10 Å². The van der Waals surface area contributed by atoms with Crippen LogP contribution < -0.4 is 5.32 Å². The lowest BCUT2D eigenvalue weighted by molar-refractivity contribution is 0.216. The van der Waals surface area contributed by atoms with Crippen LogP contribution in [0.1, 0.15) is 44.9 Å². The largest absolute Gasteiger partial charge is 0.305 e. The molecule has 3 unspecified atom stereocenters. The Labute approximate surface area is 196 Å². The number of nitrogens with one attached hydrogen (secondary N) is 2. The zero-order chi connectivity index (χ0) is 22.1. The highest BCUT2D eigenvalue weighted by Gasteiger charge is 2.41. The first-order chi connectivity index (χ1) is 15.5. The second kappa shape index (κ2) is 8.83. The van der Waals surface area contributed by atoms with Gasteiger partial charge in [-0.2, -0.15) is 10.2 Å². The lowest BCUT2D eigenvalue weighted by Crippen LogP contribution is -2.38. The molecular formula is C24H28N6S2. The predicted octanol–water partition coefficient (Wildman–Crippen LogP) is 6.43. The standard InChI is InChI=1S/C24H28N6S2/c1-15(2)16-10-11-24(3,20-9-6-12-31-20)13-19(16)32-21-14-25-30-23(26-21)27-22-17-7-4-5-8-18(17)28-29-22/h4-9,12,14-16,19H,10-11,13H2,1-3H3,(H2,26,27,28,29,30). The van der Waals surface area contributed by atoms with Crippen LogP contribution in [0, 0.1) is 11.8 Å². The van der Waals surface area contributed by atoms with Crippen LogP contribution in [0.5, 0.6) is 0 Å². The zero-order valence-electron chi connectivity index (χ0n) is 18.6. The quantitative estimate of drug-likeness (QED) is 0.342. The number of hydrogen-bond acceptors (Lipinski definition) is 7. The van der Waals surface area contributed by atoms with Gasteiger partial charge in [-0.05, 0) is 54.7 Å². The molecule has 3 aromatic heterocycles. The summed E-state index contributed by atoms with van der Waals surface area (Å²) in [6.07, 6.45) is 5.42. The second-order valence-corrected chi connectivity index (χ2v) is 11.4. The molecule has 1 aliphatic rings. The number of aromatic nitrogens is 5. The maximum Gasteiger partial charge on any atom is 0.249 e. The molecular weight excluding hydrogens is 436 g/mol. The van der Waals surface area contributed by atoms with Crippen LogP contribution >= 0.6 is 23.1 Å². The third-order valence-electron chi connectivity index (χ3n) is 6.64. The first-order valence-electron chi connectivity index (χ1n) is 11.1. The third-order valence-corrected chi connectivity index (χ3v) is 9.07. The van der Waals surface area contributed by atoms with E-state index in [1.54, 1.807) is 6.20 Å². The topological polar surface area (TPSA) is 79.4 Å². The van der Waals surface area contributed by atoms with Crippen molar-refractivity contribution < 1.29 is 0 Å². The van der Waals surface area contributed by atoms with E-state index >= 15 is 0 Å². The summed E-state index contributed by atoms with van der Waals surface area (Å²) in [5.41, 5.74) is 1.20. The van der Waals surface area contributed by atoms with Crippen molar-refractivity contribution in [3.8, 4) is 0 Å². The van der Waals surface area contributed by atoms with Crippen molar-refractivity contribution >= 4 is 45.8 Å². The molecule has 5 rings (SSSR count). The summed E-state index contributed by atoms with van der Waals surface area (Å²) in [6.45, 7) is 7.12. The van der Waals surface area contributed by atoms with Gasteiger partial charge >= 0.3 is 0 Å². The highest BCUT2D eigenvalue weighted by atomic mass is 32.2. The van der Waals surface area contributed by atoms with Gasteiger partial charge in [-0.1, -0.05) is 39.0 Å². The normalized spacial score (nSPS) is 23.6. The van der Waals surface area contributed by atoms with Crippen LogP contribution in [0.2, 0.25) is 0 Å². The van der Waals surface area contributed by atoms with Gasteiger partial charge in [0.2, 0.25) is 5.95 Å². The molecule has 6 nitrogen and oxygen atoms in total. The van der Waals surface area contributed by atoms with Crippen LogP contribution in [0.25, 0.3) is 10.9 Å². The van der Waals surface area contributed by atoms with E-state index in [0.717, 1.165) is 22.3 Å². The Bertz CT molecular complexity index is 1190. The number of rotatable bonds is 6. The Morgan fingerprint density at radius 3 is 2.91 bits per heavy atom. The molecule has 1 aliphatic carbocycles. The van der Waals surface area contributed by atoms with Crippen molar-refractivity contribution in [1.82, 2.24) is 25.4 Å². The molecule has 1 fully saturated rings. The number of benzene rings is 1. The van der Waals surface area contributed by atoms with Crippen molar-refractivity contribution in [2.75, 3.05) is 5.32 Å². The molecule has 0 radical (unpaired) electrons. The molecule has 1 aromatic carbocycles. The third kappa shape index (κ3) is 4.26. The van der Waals surface area contributed by atoms with Crippen LogP contribution in [0.3, 0.4) is 0 Å². The van der Waals surface area contributed by atoms with E-state index < -0.39 is 0 Å². The summed E-state index contributed by atoms with van der Waals surface area (Å²) in [5, 5.41) is 23.7. The highest BCUT2D eigenvalue weighted by Crippen LogP contribution is 2.49. The number of thioether (sulfide) groups is 1. The van der Waals surface area contributed by atoms with Gasteiger partial charge < -0.3 is 5.32 Å². The van der Waals surface area contributed by atoms with Gasteiger partial charge in [-0.25, -0.2) is 4.98 Å². The molecule has 0 saturated heterocycles. The van der Waals surface area contributed by atoms with E-state index in [1.165, 1.54) is 17.7 Å². The number of fused-ring (bicyclic) bond motifs is 1. The maximum atomic E-state index is 4.78. The van der Waals surface area contributed by atoms with E-state index in [-0.39, 0.29) is 5.41 Å². The minimum absolute atomic E-state index is 0.229.